The molecule has 18 heavy (non-hydrogen) atoms. The van der Waals surface area contributed by atoms with E-state index in [2.05, 4.69) is 11.9 Å². The van der Waals surface area contributed by atoms with Gasteiger partial charge in [-0.3, -0.25) is 9.78 Å². The van der Waals surface area contributed by atoms with E-state index in [-0.39, 0.29) is 5.78 Å². The molecule has 3 heteroatoms. The molecule has 0 bridgehead atoms. The van der Waals surface area contributed by atoms with Crippen molar-refractivity contribution >= 4 is 17.5 Å². The third-order valence-electron chi connectivity index (χ3n) is 2.70. The number of thioether (sulfide) groups is 1. The average Bonchev–Trinajstić information content (AvgIpc) is 2.46. The summed E-state index contributed by atoms with van der Waals surface area (Å²) in [6.45, 7) is 2.11. The van der Waals surface area contributed by atoms with Gasteiger partial charge in [-0.15, -0.1) is 11.8 Å². The molecular formula is C15H15NOS. The quantitative estimate of drug-likeness (QED) is 0.605. The van der Waals surface area contributed by atoms with E-state index in [1.54, 1.807) is 24.2 Å². The zero-order chi connectivity index (χ0) is 12.8. The van der Waals surface area contributed by atoms with Crippen LogP contribution in [0.3, 0.4) is 0 Å². The van der Waals surface area contributed by atoms with Crippen LogP contribution in [0.2, 0.25) is 0 Å². The van der Waals surface area contributed by atoms with Crippen molar-refractivity contribution in [2.45, 2.75) is 18.2 Å². The van der Waals surface area contributed by atoms with Gasteiger partial charge in [-0.1, -0.05) is 31.2 Å². The number of carbonyl (C=O) groups is 1. The number of aryl methyl sites for hydroxylation is 1. The summed E-state index contributed by atoms with van der Waals surface area (Å²) in [5.41, 5.74) is 2.04. The van der Waals surface area contributed by atoms with E-state index < -0.39 is 0 Å². The fourth-order valence-corrected chi connectivity index (χ4v) is 2.37. The van der Waals surface area contributed by atoms with Crippen molar-refractivity contribution in [2.75, 3.05) is 5.75 Å². The van der Waals surface area contributed by atoms with Gasteiger partial charge in [0.15, 0.2) is 5.78 Å². The third-order valence-corrected chi connectivity index (χ3v) is 3.72. The van der Waals surface area contributed by atoms with E-state index >= 15 is 0 Å². The van der Waals surface area contributed by atoms with Crippen LogP contribution in [0.5, 0.6) is 0 Å². The summed E-state index contributed by atoms with van der Waals surface area (Å²) in [5, 5.41) is 0. The highest BCUT2D eigenvalue weighted by Crippen LogP contribution is 2.18. The highest BCUT2D eigenvalue weighted by atomic mass is 32.2. The SMILES string of the molecule is CCc1ccc(C(=O)CSc2ccncc2)cc1. The first-order chi connectivity index (χ1) is 8.79. The molecule has 0 radical (unpaired) electrons. The number of rotatable bonds is 5. The van der Waals surface area contributed by atoms with Gasteiger partial charge in [0.2, 0.25) is 0 Å². The molecule has 92 valence electrons. The highest BCUT2D eigenvalue weighted by molar-refractivity contribution is 8.00. The van der Waals surface area contributed by atoms with Crippen LogP contribution in [0, 0.1) is 0 Å². The molecule has 0 aliphatic carbocycles. The maximum atomic E-state index is 12.0. The molecule has 2 rings (SSSR count). The Morgan fingerprint density at radius 2 is 1.78 bits per heavy atom. The summed E-state index contributed by atoms with van der Waals surface area (Å²) >= 11 is 1.54. The van der Waals surface area contributed by atoms with Gasteiger partial charge in [0.05, 0.1) is 5.75 Å². The smallest absolute Gasteiger partial charge is 0.173 e. The molecule has 0 atom stereocenters. The molecule has 0 spiro atoms. The van der Waals surface area contributed by atoms with Crippen molar-refractivity contribution in [1.82, 2.24) is 4.98 Å². The Hall–Kier alpha value is -1.61. The number of hydrogen-bond acceptors (Lipinski definition) is 3. The summed E-state index contributed by atoms with van der Waals surface area (Å²) < 4.78 is 0. The Balaban J connectivity index is 1.95. The monoisotopic (exact) mass is 257 g/mol. The van der Waals surface area contributed by atoms with E-state index in [1.807, 2.05) is 36.4 Å². The average molecular weight is 257 g/mol. The van der Waals surface area contributed by atoms with Gasteiger partial charge in [-0.05, 0) is 24.1 Å². The number of ketones is 1. The summed E-state index contributed by atoms with van der Waals surface area (Å²) in [6.07, 6.45) is 4.48. The van der Waals surface area contributed by atoms with Crippen molar-refractivity contribution in [3.05, 3.63) is 59.9 Å². The van der Waals surface area contributed by atoms with Crippen LogP contribution in [-0.2, 0) is 6.42 Å². The van der Waals surface area contributed by atoms with Crippen LogP contribution in [0.25, 0.3) is 0 Å². The van der Waals surface area contributed by atoms with Crippen molar-refractivity contribution in [1.29, 1.82) is 0 Å². The molecule has 0 amide bonds. The number of carbonyl (C=O) groups excluding carboxylic acids is 1. The summed E-state index contributed by atoms with van der Waals surface area (Å²) in [6, 6.07) is 11.7. The minimum Gasteiger partial charge on any atom is -0.293 e. The maximum Gasteiger partial charge on any atom is 0.173 e. The molecule has 0 N–H and O–H groups in total. The molecule has 0 aliphatic heterocycles. The van der Waals surface area contributed by atoms with Crippen molar-refractivity contribution in [2.24, 2.45) is 0 Å². The Bertz CT molecular complexity index is 508. The molecule has 0 unspecified atom stereocenters. The summed E-state index contributed by atoms with van der Waals surface area (Å²) in [4.78, 5) is 17.0. The van der Waals surface area contributed by atoms with Crippen LogP contribution in [0.1, 0.15) is 22.8 Å². The normalized spacial score (nSPS) is 10.3. The number of hydrogen-bond donors (Lipinski definition) is 0. The van der Waals surface area contributed by atoms with E-state index in [0.717, 1.165) is 16.9 Å². The minimum atomic E-state index is 0.166. The number of aromatic nitrogens is 1. The van der Waals surface area contributed by atoms with Crippen LogP contribution in [-0.4, -0.2) is 16.5 Å². The van der Waals surface area contributed by atoms with Gasteiger partial charge < -0.3 is 0 Å². The molecule has 0 saturated carbocycles. The van der Waals surface area contributed by atoms with Crippen molar-refractivity contribution in [3.8, 4) is 0 Å². The number of benzene rings is 1. The highest BCUT2D eigenvalue weighted by Gasteiger charge is 2.06. The predicted octanol–water partition coefficient (Wildman–Crippen LogP) is 3.62. The Morgan fingerprint density at radius 1 is 1.11 bits per heavy atom. The lowest BCUT2D eigenvalue weighted by atomic mass is 10.1. The van der Waals surface area contributed by atoms with Gasteiger partial charge in [-0.25, -0.2) is 0 Å². The van der Waals surface area contributed by atoms with Crippen molar-refractivity contribution < 1.29 is 4.79 Å². The number of Topliss-reactive ketones (excluding diaryl/α,β-unsaturated/α-hetero) is 1. The molecule has 0 saturated heterocycles. The van der Waals surface area contributed by atoms with Crippen molar-refractivity contribution in [3.63, 3.8) is 0 Å². The minimum absolute atomic E-state index is 0.166. The second kappa shape index (κ2) is 6.36. The molecule has 1 aromatic heterocycles. The first-order valence-electron chi connectivity index (χ1n) is 5.94. The standard InChI is InChI=1S/C15H15NOS/c1-2-12-3-5-13(6-4-12)15(17)11-18-14-7-9-16-10-8-14/h3-10H,2,11H2,1H3. The van der Waals surface area contributed by atoms with Gasteiger partial charge in [0.1, 0.15) is 0 Å². The predicted molar refractivity (Wildman–Crippen MR) is 75.1 cm³/mol. The van der Waals surface area contributed by atoms with E-state index in [9.17, 15) is 4.79 Å². The van der Waals surface area contributed by atoms with Crippen LogP contribution in [0.15, 0.2) is 53.7 Å². The number of pyridine rings is 1. The lowest BCUT2D eigenvalue weighted by molar-refractivity contribution is 0.102. The lowest BCUT2D eigenvalue weighted by Crippen LogP contribution is -2.02. The van der Waals surface area contributed by atoms with Gasteiger partial charge >= 0.3 is 0 Å². The second-order valence-electron chi connectivity index (χ2n) is 3.95. The van der Waals surface area contributed by atoms with Gasteiger partial charge in [0, 0.05) is 22.9 Å². The fraction of sp³-hybridized carbons (Fsp3) is 0.200. The Morgan fingerprint density at radius 3 is 2.39 bits per heavy atom. The summed E-state index contributed by atoms with van der Waals surface area (Å²) in [7, 11) is 0. The molecule has 2 nitrogen and oxygen atoms in total. The largest absolute Gasteiger partial charge is 0.293 e. The summed E-state index contributed by atoms with van der Waals surface area (Å²) in [5.74, 6) is 0.634. The van der Waals surface area contributed by atoms with E-state index in [0.29, 0.717) is 5.75 Å². The molecule has 1 heterocycles. The first kappa shape index (κ1) is 12.8. The van der Waals surface area contributed by atoms with Crippen LogP contribution < -0.4 is 0 Å². The molecule has 1 aromatic carbocycles. The second-order valence-corrected chi connectivity index (χ2v) is 4.99. The van der Waals surface area contributed by atoms with Gasteiger partial charge in [0.25, 0.3) is 0 Å². The Labute approximate surface area is 111 Å². The lowest BCUT2D eigenvalue weighted by Gasteiger charge is -2.02. The zero-order valence-corrected chi connectivity index (χ0v) is 11.1. The molecule has 2 aromatic rings. The molecular weight excluding hydrogens is 242 g/mol. The fourth-order valence-electron chi connectivity index (χ4n) is 1.59. The van der Waals surface area contributed by atoms with Gasteiger partial charge in [-0.2, -0.15) is 0 Å². The first-order valence-corrected chi connectivity index (χ1v) is 6.93. The topological polar surface area (TPSA) is 30.0 Å². The van der Waals surface area contributed by atoms with E-state index in [4.69, 9.17) is 0 Å². The zero-order valence-electron chi connectivity index (χ0n) is 10.3. The molecule has 0 aliphatic rings. The van der Waals surface area contributed by atoms with Crippen LogP contribution >= 0.6 is 11.8 Å². The number of nitrogens with zero attached hydrogens (tertiary/aromatic N) is 1. The van der Waals surface area contributed by atoms with Crippen LogP contribution in [0.4, 0.5) is 0 Å². The van der Waals surface area contributed by atoms with E-state index in [1.165, 1.54) is 5.56 Å². The third kappa shape index (κ3) is 3.44. The Kier molecular flexibility index (Phi) is 4.53. The molecule has 0 fully saturated rings. The maximum absolute atomic E-state index is 12.0.